The standard InChI is InChI=1S/C30H38N4O5/c35-28-23-13-3-1-2-9-20-12-8-14-24(20)39-30(37)32-26(21-10-4-5-11-21)29(36)33-18-16-22(19-33)38-27(23)31-25-15-6-7-17-34(25)28/h1,3,6-7,15,17,20-22,24,26H,2,4-5,8-14,16,18-19H2,(H,32,37)/b3-1+/t20-,22-,24+,26+/m1/s1. The highest BCUT2D eigenvalue weighted by atomic mass is 16.6. The van der Waals surface area contributed by atoms with E-state index in [4.69, 9.17) is 14.5 Å². The summed E-state index contributed by atoms with van der Waals surface area (Å²) in [4.78, 5) is 46.7. The van der Waals surface area contributed by atoms with Crippen molar-refractivity contribution in [3.8, 4) is 5.88 Å². The van der Waals surface area contributed by atoms with Gasteiger partial charge in [0, 0.05) is 25.6 Å². The van der Waals surface area contributed by atoms with Crippen molar-refractivity contribution in [1.82, 2.24) is 19.6 Å². The molecule has 4 atom stereocenters. The van der Waals surface area contributed by atoms with Crippen molar-refractivity contribution in [2.24, 2.45) is 11.8 Å². The predicted molar refractivity (Wildman–Crippen MR) is 146 cm³/mol. The van der Waals surface area contributed by atoms with Crippen LogP contribution in [0, 0.1) is 11.8 Å². The van der Waals surface area contributed by atoms with Crippen molar-refractivity contribution < 1.29 is 19.1 Å². The first-order valence-corrected chi connectivity index (χ1v) is 14.6. The van der Waals surface area contributed by atoms with Crippen LogP contribution in [0.25, 0.3) is 5.65 Å². The fraction of sp³-hybridized carbons (Fsp3) is 0.600. The SMILES string of the molecule is O=C1N[C@@H](C2CCCC2)C(=O)N2CC[C@H](C2)Oc2nc3ccccn3c(=O)c2C/C=C/CC[C@@H]2CCC[C@@H]2O1. The second kappa shape index (κ2) is 11.4. The van der Waals surface area contributed by atoms with E-state index in [1.165, 1.54) is 0 Å². The molecular weight excluding hydrogens is 496 g/mol. The van der Waals surface area contributed by atoms with Gasteiger partial charge in [0.25, 0.3) is 5.56 Å². The maximum Gasteiger partial charge on any atom is 0.408 e. The van der Waals surface area contributed by atoms with Crippen LogP contribution in [0.15, 0.2) is 41.3 Å². The Kier molecular flexibility index (Phi) is 7.57. The Morgan fingerprint density at radius 1 is 0.897 bits per heavy atom. The third kappa shape index (κ3) is 5.54. The maximum atomic E-state index is 13.8. The summed E-state index contributed by atoms with van der Waals surface area (Å²) < 4.78 is 13.8. The number of hydrogen-bond donors (Lipinski definition) is 1. The molecule has 0 radical (unpaired) electrons. The highest BCUT2D eigenvalue weighted by Gasteiger charge is 2.39. The lowest BCUT2D eigenvalue weighted by atomic mass is 9.97. The zero-order valence-electron chi connectivity index (χ0n) is 22.4. The van der Waals surface area contributed by atoms with E-state index in [9.17, 15) is 14.4 Å². The Bertz CT molecular complexity index is 1300. The van der Waals surface area contributed by atoms with Crippen LogP contribution >= 0.6 is 0 Å². The summed E-state index contributed by atoms with van der Waals surface area (Å²) in [6.07, 6.45) is 14.7. The summed E-state index contributed by atoms with van der Waals surface area (Å²) >= 11 is 0. The molecule has 39 heavy (non-hydrogen) atoms. The molecule has 2 bridgehead atoms. The highest BCUT2D eigenvalue weighted by molar-refractivity contribution is 5.86. The number of carbonyl (C=O) groups is 2. The number of amides is 2. The van der Waals surface area contributed by atoms with Crippen LogP contribution in [0.3, 0.4) is 0 Å². The minimum atomic E-state index is -0.584. The topological polar surface area (TPSA) is 102 Å². The van der Waals surface area contributed by atoms with Gasteiger partial charge in [-0.2, -0.15) is 4.98 Å². The van der Waals surface area contributed by atoms with Gasteiger partial charge in [0.1, 0.15) is 23.9 Å². The van der Waals surface area contributed by atoms with Crippen molar-refractivity contribution in [2.75, 3.05) is 13.1 Å². The van der Waals surface area contributed by atoms with Gasteiger partial charge in [0.2, 0.25) is 11.8 Å². The third-order valence-corrected chi connectivity index (χ3v) is 8.98. The van der Waals surface area contributed by atoms with E-state index < -0.39 is 12.1 Å². The fourth-order valence-corrected chi connectivity index (χ4v) is 6.84. The van der Waals surface area contributed by atoms with Gasteiger partial charge in [-0.3, -0.25) is 14.0 Å². The zero-order chi connectivity index (χ0) is 26.8. The molecule has 2 amide bonds. The Hall–Kier alpha value is -3.36. The first-order chi connectivity index (χ1) is 19.1. The summed E-state index contributed by atoms with van der Waals surface area (Å²) in [5.74, 6) is 0.699. The highest BCUT2D eigenvalue weighted by Crippen LogP contribution is 2.33. The number of hydrogen-bond acceptors (Lipinski definition) is 6. The zero-order valence-corrected chi connectivity index (χ0v) is 22.4. The third-order valence-electron chi connectivity index (χ3n) is 8.98. The predicted octanol–water partition coefficient (Wildman–Crippen LogP) is 4.02. The Morgan fingerprint density at radius 3 is 2.62 bits per heavy atom. The van der Waals surface area contributed by atoms with Gasteiger partial charge >= 0.3 is 6.09 Å². The number of ether oxygens (including phenoxy) is 2. The Balaban J connectivity index is 1.31. The van der Waals surface area contributed by atoms with Crippen molar-refractivity contribution in [1.29, 1.82) is 0 Å². The minimum Gasteiger partial charge on any atom is -0.472 e. The van der Waals surface area contributed by atoms with Gasteiger partial charge in [0.15, 0.2) is 0 Å². The van der Waals surface area contributed by atoms with Crippen LogP contribution in [-0.4, -0.2) is 57.6 Å². The van der Waals surface area contributed by atoms with Crippen LogP contribution in [0.2, 0.25) is 0 Å². The lowest BCUT2D eigenvalue weighted by Gasteiger charge is -2.29. The van der Waals surface area contributed by atoms with Gasteiger partial charge in [-0.05, 0) is 68.9 Å². The molecule has 4 heterocycles. The van der Waals surface area contributed by atoms with E-state index in [2.05, 4.69) is 11.4 Å². The summed E-state index contributed by atoms with van der Waals surface area (Å²) in [5, 5.41) is 2.99. The number of alkyl carbamates (subject to hydrolysis) is 1. The monoisotopic (exact) mass is 534 g/mol. The number of allylic oxidation sites excluding steroid dienone is 2. The lowest BCUT2D eigenvalue weighted by molar-refractivity contribution is -0.134. The molecule has 2 aliphatic carbocycles. The van der Waals surface area contributed by atoms with Crippen LogP contribution < -0.4 is 15.6 Å². The normalized spacial score (nSPS) is 29.6. The molecule has 0 spiro atoms. The second-order valence-corrected chi connectivity index (χ2v) is 11.5. The van der Waals surface area contributed by atoms with Crippen molar-refractivity contribution in [3.05, 3.63) is 52.5 Å². The number of nitrogens with one attached hydrogen (secondary N) is 1. The van der Waals surface area contributed by atoms with Crippen LogP contribution in [-0.2, 0) is 16.0 Å². The average molecular weight is 535 g/mol. The summed E-state index contributed by atoms with van der Waals surface area (Å²) in [6, 6.07) is 4.88. The molecule has 2 aromatic rings. The first kappa shape index (κ1) is 25.9. The van der Waals surface area contributed by atoms with Crippen molar-refractivity contribution in [2.45, 2.75) is 88.9 Å². The van der Waals surface area contributed by atoms with E-state index >= 15 is 0 Å². The molecule has 4 aliphatic rings. The number of rotatable bonds is 1. The van der Waals surface area contributed by atoms with Gasteiger partial charge in [-0.1, -0.05) is 31.1 Å². The Labute approximate surface area is 228 Å². The maximum absolute atomic E-state index is 13.8. The van der Waals surface area contributed by atoms with E-state index in [1.54, 1.807) is 21.6 Å². The number of carbonyl (C=O) groups excluding carboxylic acids is 2. The average Bonchev–Trinajstić information content (AvgIpc) is 3.71. The van der Waals surface area contributed by atoms with E-state index in [0.29, 0.717) is 48.9 Å². The van der Waals surface area contributed by atoms with Crippen LogP contribution in [0.1, 0.15) is 69.8 Å². The molecule has 6 rings (SSSR count). The molecule has 2 saturated carbocycles. The fourth-order valence-electron chi connectivity index (χ4n) is 6.84. The molecule has 0 aromatic carbocycles. The molecule has 9 nitrogen and oxygen atoms in total. The van der Waals surface area contributed by atoms with Crippen molar-refractivity contribution in [3.63, 3.8) is 0 Å². The molecule has 2 aromatic heterocycles. The van der Waals surface area contributed by atoms with Gasteiger partial charge < -0.3 is 19.7 Å². The number of pyridine rings is 1. The quantitative estimate of drug-likeness (QED) is 0.555. The van der Waals surface area contributed by atoms with Gasteiger partial charge in [-0.15, -0.1) is 0 Å². The van der Waals surface area contributed by atoms with E-state index in [0.717, 1.165) is 57.8 Å². The summed E-state index contributed by atoms with van der Waals surface area (Å²) in [5.41, 5.74) is 0.933. The van der Waals surface area contributed by atoms with Crippen LogP contribution in [0.5, 0.6) is 5.88 Å². The van der Waals surface area contributed by atoms with E-state index in [1.807, 2.05) is 18.2 Å². The van der Waals surface area contributed by atoms with Gasteiger partial charge in [-0.25, -0.2) is 4.79 Å². The smallest absolute Gasteiger partial charge is 0.408 e. The Morgan fingerprint density at radius 2 is 1.74 bits per heavy atom. The van der Waals surface area contributed by atoms with E-state index in [-0.39, 0.29) is 29.6 Å². The summed E-state index contributed by atoms with van der Waals surface area (Å²) in [6.45, 7) is 0.935. The number of fused-ring (bicyclic) bond motifs is 5. The molecule has 2 aliphatic heterocycles. The van der Waals surface area contributed by atoms with Crippen LogP contribution in [0.4, 0.5) is 4.79 Å². The largest absolute Gasteiger partial charge is 0.472 e. The molecule has 9 heteroatoms. The lowest BCUT2D eigenvalue weighted by Crippen LogP contribution is -2.52. The molecule has 0 unspecified atom stereocenters. The van der Waals surface area contributed by atoms with Crippen molar-refractivity contribution >= 4 is 17.6 Å². The minimum absolute atomic E-state index is 0.0660. The summed E-state index contributed by atoms with van der Waals surface area (Å²) in [7, 11) is 0. The first-order valence-electron chi connectivity index (χ1n) is 14.6. The van der Waals surface area contributed by atoms with Gasteiger partial charge in [0.05, 0.1) is 12.1 Å². The number of aromatic nitrogens is 2. The molecule has 3 fully saturated rings. The molecule has 1 N–H and O–H groups in total. The molecular formula is C30H38N4O5. The molecule has 1 saturated heterocycles. The molecule has 208 valence electrons. The number of nitrogens with zero attached hydrogens (tertiary/aromatic N) is 3. The second-order valence-electron chi connectivity index (χ2n) is 11.5.